The lowest BCUT2D eigenvalue weighted by atomic mass is 9.77. The first-order valence-electron chi connectivity index (χ1n) is 14.7. The van der Waals surface area contributed by atoms with E-state index in [1.165, 1.54) is 6.07 Å². The number of nitrogens with one attached hydrogen (secondary N) is 1. The fraction of sp³-hybridized carbons (Fsp3) is 0.500. The van der Waals surface area contributed by atoms with Crippen LogP contribution in [0.4, 0.5) is 4.39 Å². The number of hydrogen-bond donors (Lipinski definition) is 2. The summed E-state index contributed by atoms with van der Waals surface area (Å²) < 4.78 is 27.7. The number of nitrogens with zero attached hydrogens (tertiary/aromatic N) is 2. The van der Waals surface area contributed by atoms with Crippen LogP contribution in [0.15, 0.2) is 16.9 Å². The molecule has 42 heavy (non-hydrogen) atoms. The van der Waals surface area contributed by atoms with E-state index in [2.05, 4.69) is 5.32 Å². The second-order valence-corrected chi connectivity index (χ2v) is 11.8. The molecular weight excluding hydrogens is 541 g/mol. The fourth-order valence-electron chi connectivity index (χ4n) is 6.83. The van der Waals surface area contributed by atoms with Crippen LogP contribution in [0.25, 0.3) is 22.3 Å². The zero-order valence-corrected chi connectivity index (χ0v) is 24.4. The summed E-state index contributed by atoms with van der Waals surface area (Å²) in [6.45, 7) is 8.13. The Morgan fingerprint density at radius 3 is 2.71 bits per heavy atom. The molecule has 0 saturated carbocycles. The predicted octanol–water partition coefficient (Wildman–Crippen LogP) is 3.53. The molecule has 2 N–H and O–H groups in total. The Morgan fingerprint density at radius 1 is 1.19 bits per heavy atom. The van der Waals surface area contributed by atoms with Crippen LogP contribution in [0, 0.1) is 12.7 Å². The van der Waals surface area contributed by atoms with Gasteiger partial charge in [0.1, 0.15) is 18.0 Å². The van der Waals surface area contributed by atoms with E-state index in [1.54, 1.807) is 24.5 Å². The molecule has 0 bridgehead atoms. The molecule has 222 valence electrons. The average Bonchev–Trinajstić information content (AvgIpc) is 3.32. The SMILES string of the molecule is CC[C@@]1(O)C(=O)CCc2c1cc1n(c2=O)Cc2c-1nc1cc(F)c(C)c3c1c2[C@@H](NC(=O)COCCOC(C)C)CC3. The van der Waals surface area contributed by atoms with Crippen molar-refractivity contribution in [1.82, 2.24) is 14.9 Å². The molecular formula is C32H36FN3O6. The van der Waals surface area contributed by atoms with E-state index in [-0.39, 0.29) is 61.6 Å². The van der Waals surface area contributed by atoms with E-state index >= 15 is 4.39 Å². The summed E-state index contributed by atoms with van der Waals surface area (Å²) in [5.41, 5.74) is 3.26. The van der Waals surface area contributed by atoms with Crippen molar-refractivity contribution in [3.05, 3.63) is 61.7 Å². The van der Waals surface area contributed by atoms with Crippen LogP contribution in [0.3, 0.4) is 0 Å². The summed E-state index contributed by atoms with van der Waals surface area (Å²) in [5, 5.41) is 15.2. The number of carbonyl (C=O) groups is 2. The number of benzene rings is 1. The lowest BCUT2D eigenvalue weighted by Crippen LogP contribution is -2.43. The topological polar surface area (TPSA) is 120 Å². The number of carbonyl (C=O) groups excluding carboxylic acids is 2. The number of aryl methyl sites for hydroxylation is 1. The fourth-order valence-corrected chi connectivity index (χ4v) is 6.83. The van der Waals surface area contributed by atoms with Gasteiger partial charge in [-0.05, 0) is 69.2 Å². The van der Waals surface area contributed by atoms with Gasteiger partial charge >= 0.3 is 0 Å². The van der Waals surface area contributed by atoms with Gasteiger partial charge in [0.25, 0.3) is 5.56 Å². The van der Waals surface area contributed by atoms with Crippen LogP contribution < -0.4 is 10.9 Å². The highest BCUT2D eigenvalue weighted by molar-refractivity contribution is 5.94. The molecule has 2 atom stereocenters. The molecule has 0 radical (unpaired) electrons. The molecule has 1 aromatic carbocycles. The van der Waals surface area contributed by atoms with E-state index in [1.807, 2.05) is 13.8 Å². The van der Waals surface area contributed by atoms with Crippen molar-refractivity contribution in [2.24, 2.45) is 0 Å². The largest absolute Gasteiger partial charge is 0.377 e. The van der Waals surface area contributed by atoms with Crippen molar-refractivity contribution in [1.29, 1.82) is 0 Å². The Bertz CT molecular complexity index is 1700. The van der Waals surface area contributed by atoms with Crippen molar-refractivity contribution >= 4 is 22.6 Å². The molecule has 2 aliphatic carbocycles. The number of halogens is 1. The highest BCUT2D eigenvalue weighted by atomic mass is 19.1. The Morgan fingerprint density at radius 2 is 1.98 bits per heavy atom. The Labute approximate surface area is 243 Å². The minimum absolute atomic E-state index is 0.0765. The first kappa shape index (κ1) is 28.6. The molecule has 1 aliphatic heterocycles. The van der Waals surface area contributed by atoms with Crippen molar-refractivity contribution in [2.75, 3.05) is 19.8 Å². The molecule has 2 aromatic heterocycles. The molecule has 10 heteroatoms. The first-order chi connectivity index (χ1) is 20.0. The summed E-state index contributed by atoms with van der Waals surface area (Å²) in [7, 11) is 0. The number of ether oxygens (including phenoxy) is 2. The molecule has 3 aromatic rings. The van der Waals surface area contributed by atoms with Gasteiger partial charge in [-0.25, -0.2) is 9.37 Å². The van der Waals surface area contributed by atoms with E-state index in [4.69, 9.17) is 14.5 Å². The van der Waals surface area contributed by atoms with Gasteiger partial charge in [0.2, 0.25) is 5.91 Å². The van der Waals surface area contributed by atoms with E-state index in [0.29, 0.717) is 59.7 Å². The molecule has 9 nitrogen and oxygen atoms in total. The van der Waals surface area contributed by atoms with Crippen LogP contribution >= 0.6 is 0 Å². The zero-order valence-electron chi connectivity index (χ0n) is 24.4. The minimum atomic E-state index is -1.73. The number of Topliss-reactive ketones (excluding diaryl/α,β-unsaturated/α-hetero) is 1. The first-order valence-corrected chi connectivity index (χ1v) is 14.7. The zero-order chi connectivity index (χ0) is 29.9. The third-order valence-electron chi connectivity index (χ3n) is 9.00. The maximum absolute atomic E-state index is 15.1. The van der Waals surface area contributed by atoms with Crippen LogP contribution in [0.1, 0.15) is 79.5 Å². The van der Waals surface area contributed by atoms with Gasteiger partial charge in [0.05, 0.1) is 48.8 Å². The van der Waals surface area contributed by atoms with E-state index in [9.17, 15) is 19.5 Å². The predicted molar refractivity (Wildman–Crippen MR) is 154 cm³/mol. The molecule has 1 amide bonds. The van der Waals surface area contributed by atoms with E-state index in [0.717, 1.165) is 22.1 Å². The van der Waals surface area contributed by atoms with Crippen LogP contribution in [-0.4, -0.2) is 52.3 Å². The van der Waals surface area contributed by atoms with E-state index < -0.39 is 11.6 Å². The van der Waals surface area contributed by atoms with Gasteiger partial charge < -0.3 is 24.5 Å². The maximum Gasteiger partial charge on any atom is 0.254 e. The normalized spacial score (nSPS) is 20.5. The molecule has 3 aliphatic rings. The summed E-state index contributed by atoms with van der Waals surface area (Å²) in [4.78, 5) is 44.4. The monoisotopic (exact) mass is 577 g/mol. The van der Waals surface area contributed by atoms with Gasteiger partial charge in [0.15, 0.2) is 5.78 Å². The molecule has 6 rings (SSSR count). The lowest BCUT2D eigenvalue weighted by Gasteiger charge is -2.32. The number of fused-ring (bicyclic) bond motifs is 5. The summed E-state index contributed by atoms with van der Waals surface area (Å²) in [6, 6.07) is 2.73. The van der Waals surface area contributed by atoms with Crippen molar-refractivity contribution < 1.29 is 28.6 Å². The number of aromatic nitrogens is 2. The molecule has 0 saturated heterocycles. The molecule has 0 unspecified atom stereocenters. The highest BCUT2D eigenvalue weighted by Crippen LogP contribution is 2.46. The van der Waals surface area contributed by atoms with Crippen LogP contribution in [-0.2, 0) is 44.1 Å². The van der Waals surface area contributed by atoms with Gasteiger partial charge in [-0.2, -0.15) is 0 Å². The third kappa shape index (κ3) is 4.47. The highest BCUT2D eigenvalue weighted by Gasteiger charge is 2.44. The summed E-state index contributed by atoms with van der Waals surface area (Å²) in [6.07, 6.45) is 1.72. The average molecular weight is 578 g/mol. The summed E-state index contributed by atoms with van der Waals surface area (Å²) >= 11 is 0. The van der Waals surface area contributed by atoms with Gasteiger partial charge in [0, 0.05) is 34.6 Å². The standard InChI is InChI=1S/C32H36FN3O6/c1-5-32(40)21-12-25-30-20(14-36(25)31(39)19(21)7-9-26(32)37)29-23(34-27(38)15-41-10-11-42-16(2)3)8-6-18-17(4)22(33)13-24(35-30)28(18)29/h12-13,16,23,40H,5-11,14-15H2,1-4H3,(H,34,38)/t23-,32-/m0/s1. The molecule has 0 fully saturated rings. The number of pyridine rings is 2. The number of rotatable bonds is 8. The Kier molecular flexibility index (Phi) is 7.27. The second-order valence-electron chi connectivity index (χ2n) is 11.8. The Balaban J connectivity index is 1.44. The van der Waals surface area contributed by atoms with Gasteiger partial charge in [-0.3, -0.25) is 14.4 Å². The molecule has 3 heterocycles. The number of aliphatic hydroxyl groups is 1. The van der Waals surface area contributed by atoms with Crippen molar-refractivity contribution in [3.63, 3.8) is 0 Å². The third-order valence-corrected chi connectivity index (χ3v) is 9.00. The van der Waals surface area contributed by atoms with Crippen molar-refractivity contribution in [2.45, 2.75) is 84.1 Å². The van der Waals surface area contributed by atoms with Gasteiger partial charge in [-0.15, -0.1) is 0 Å². The number of ketones is 1. The number of amides is 1. The van der Waals surface area contributed by atoms with Gasteiger partial charge in [-0.1, -0.05) is 6.92 Å². The molecule has 0 spiro atoms. The Hall–Kier alpha value is -3.47. The minimum Gasteiger partial charge on any atom is -0.377 e. The van der Waals surface area contributed by atoms with Crippen molar-refractivity contribution in [3.8, 4) is 11.4 Å². The lowest BCUT2D eigenvalue weighted by molar-refractivity contribution is -0.140. The second kappa shape index (κ2) is 10.7. The van der Waals surface area contributed by atoms with Crippen LogP contribution in [0.2, 0.25) is 0 Å². The summed E-state index contributed by atoms with van der Waals surface area (Å²) in [5.74, 6) is -0.938. The maximum atomic E-state index is 15.1. The smallest absolute Gasteiger partial charge is 0.254 e. The quantitative estimate of drug-likeness (QED) is 0.308. The number of hydrogen-bond acceptors (Lipinski definition) is 7. The van der Waals surface area contributed by atoms with Crippen LogP contribution in [0.5, 0.6) is 0 Å².